The van der Waals surface area contributed by atoms with Crippen LogP contribution < -0.4 is 4.74 Å². The predicted molar refractivity (Wildman–Crippen MR) is 155 cm³/mol. The third-order valence-corrected chi connectivity index (χ3v) is 7.51. The number of carboxylic acids is 1. The average molecular weight is 577 g/mol. The molecule has 210 valence electrons. The summed E-state index contributed by atoms with van der Waals surface area (Å²) in [5.41, 5.74) is 5.05. The first-order chi connectivity index (χ1) is 19.7. The zero-order valence-corrected chi connectivity index (χ0v) is 22.9. The molecule has 41 heavy (non-hydrogen) atoms. The van der Waals surface area contributed by atoms with Crippen LogP contribution in [0.3, 0.4) is 0 Å². The fourth-order valence-corrected chi connectivity index (χ4v) is 5.46. The summed E-state index contributed by atoms with van der Waals surface area (Å²) < 4.78 is 46.8. The van der Waals surface area contributed by atoms with Crippen LogP contribution in [0.1, 0.15) is 58.6 Å². The first kappa shape index (κ1) is 28.5. The molecule has 0 spiro atoms. The maximum absolute atomic E-state index is 13.7. The molecule has 0 saturated carbocycles. The van der Waals surface area contributed by atoms with Crippen molar-refractivity contribution in [3.63, 3.8) is 0 Å². The van der Waals surface area contributed by atoms with Crippen LogP contribution in [-0.4, -0.2) is 11.1 Å². The molecule has 0 amide bonds. The number of benzene rings is 4. The number of rotatable bonds is 10. The van der Waals surface area contributed by atoms with Gasteiger partial charge in [-0.15, -0.1) is 0 Å². The molecule has 1 aliphatic carbocycles. The molecule has 4 aromatic carbocycles. The second-order valence-electron chi connectivity index (χ2n) is 10.2. The van der Waals surface area contributed by atoms with Gasteiger partial charge in [0.15, 0.2) is 0 Å². The van der Waals surface area contributed by atoms with Crippen molar-refractivity contribution in [3.8, 4) is 11.5 Å². The molecule has 1 atom stereocenters. The molecule has 0 heterocycles. The van der Waals surface area contributed by atoms with Gasteiger partial charge in [0.2, 0.25) is 0 Å². The van der Waals surface area contributed by atoms with E-state index in [4.69, 9.17) is 21.4 Å². The van der Waals surface area contributed by atoms with Crippen LogP contribution in [0.25, 0.3) is 6.08 Å². The number of aliphatic carboxylic acids is 1. The third-order valence-electron chi connectivity index (χ3n) is 7.26. The quantitative estimate of drug-likeness (QED) is 0.191. The summed E-state index contributed by atoms with van der Waals surface area (Å²) >= 11 is 5.99. The number of hydrogen-bond acceptors (Lipinski definition) is 2. The van der Waals surface area contributed by atoms with E-state index in [1.807, 2.05) is 36.4 Å². The largest absolute Gasteiger partial charge is 0.481 e. The first-order valence-electron chi connectivity index (χ1n) is 13.4. The lowest BCUT2D eigenvalue weighted by Crippen LogP contribution is -2.09. The molecule has 1 N–H and O–H groups in total. The second kappa shape index (κ2) is 12.2. The molecule has 3 nitrogen and oxygen atoms in total. The van der Waals surface area contributed by atoms with Crippen molar-refractivity contribution in [1.82, 2.24) is 0 Å². The van der Waals surface area contributed by atoms with Gasteiger partial charge in [0.05, 0.1) is 12.0 Å². The van der Waals surface area contributed by atoms with Gasteiger partial charge in [-0.3, -0.25) is 4.79 Å². The number of halogens is 4. The highest BCUT2D eigenvalue weighted by molar-refractivity contribution is 6.30. The van der Waals surface area contributed by atoms with Crippen LogP contribution in [0, 0.1) is 0 Å². The van der Waals surface area contributed by atoms with E-state index in [2.05, 4.69) is 30.3 Å². The molecule has 0 bridgehead atoms. The van der Waals surface area contributed by atoms with E-state index in [-0.39, 0.29) is 23.0 Å². The number of hydrogen-bond donors (Lipinski definition) is 1. The molecule has 7 heteroatoms. The van der Waals surface area contributed by atoms with Crippen LogP contribution in [0.4, 0.5) is 13.2 Å². The smallest absolute Gasteiger partial charge is 0.419 e. The van der Waals surface area contributed by atoms with E-state index in [0.29, 0.717) is 0 Å². The van der Waals surface area contributed by atoms with Gasteiger partial charge >= 0.3 is 12.1 Å². The number of alkyl halides is 3. The molecule has 0 aliphatic heterocycles. The Morgan fingerprint density at radius 1 is 0.854 bits per heavy atom. The van der Waals surface area contributed by atoms with Gasteiger partial charge < -0.3 is 9.84 Å². The van der Waals surface area contributed by atoms with E-state index >= 15 is 0 Å². The lowest BCUT2D eigenvalue weighted by molar-refractivity contribution is -0.139. The second-order valence-corrected chi connectivity index (χ2v) is 10.6. The summed E-state index contributed by atoms with van der Waals surface area (Å²) in [6, 6.07) is 26.7. The van der Waals surface area contributed by atoms with Crippen molar-refractivity contribution in [1.29, 1.82) is 0 Å². The zero-order chi connectivity index (χ0) is 29.0. The molecule has 0 fully saturated rings. The molecular formula is C34H28ClF3O3. The van der Waals surface area contributed by atoms with E-state index in [9.17, 15) is 18.0 Å². The van der Waals surface area contributed by atoms with Crippen LogP contribution in [-0.2, 0) is 23.8 Å². The lowest BCUT2D eigenvalue weighted by Gasteiger charge is -2.19. The fourth-order valence-electron chi connectivity index (χ4n) is 5.34. The number of allylic oxidation sites excluding steroid dienone is 1. The Morgan fingerprint density at radius 2 is 1.54 bits per heavy atom. The average Bonchev–Trinajstić information content (AvgIpc) is 3.31. The predicted octanol–water partition coefficient (Wildman–Crippen LogP) is 9.72. The SMILES string of the molecule is O=C(O)Cc1ccc(Oc2ccc(C3C(CCCCc4ccc(Cl)cc4)=Cc4ccccc43)cc2)c(C(F)(F)F)c1. The zero-order valence-electron chi connectivity index (χ0n) is 22.1. The topological polar surface area (TPSA) is 46.5 Å². The molecule has 0 aromatic heterocycles. The van der Waals surface area contributed by atoms with Crippen molar-refractivity contribution in [2.24, 2.45) is 0 Å². The Labute approximate surface area is 241 Å². The standard InChI is InChI=1S/C34H28ClF3O3/c35-27-14-9-22(10-15-27)5-1-2-7-26-21-25-6-3-4-8-29(25)33(26)24-12-16-28(17-13-24)41-31-18-11-23(20-32(39)40)19-30(31)34(36,37)38/h3-4,6,8-19,21,33H,1-2,5,7,20H2,(H,39,40). The highest BCUT2D eigenvalue weighted by Crippen LogP contribution is 2.44. The van der Waals surface area contributed by atoms with Gasteiger partial charge in [-0.2, -0.15) is 13.2 Å². The summed E-state index contributed by atoms with van der Waals surface area (Å²) in [5.74, 6) is -1.24. The summed E-state index contributed by atoms with van der Waals surface area (Å²) in [6.07, 6.45) is 1.04. The Bertz CT molecular complexity index is 1560. The van der Waals surface area contributed by atoms with Gasteiger partial charge in [0.1, 0.15) is 11.5 Å². The monoisotopic (exact) mass is 576 g/mol. The van der Waals surface area contributed by atoms with Crippen molar-refractivity contribution < 1.29 is 27.8 Å². The van der Waals surface area contributed by atoms with Crippen LogP contribution in [0.2, 0.25) is 5.02 Å². The van der Waals surface area contributed by atoms with Crippen LogP contribution in [0.15, 0.2) is 96.6 Å². The van der Waals surface area contributed by atoms with E-state index in [1.165, 1.54) is 34.4 Å². The van der Waals surface area contributed by atoms with Crippen molar-refractivity contribution in [3.05, 3.63) is 135 Å². The molecule has 5 rings (SSSR count). The number of ether oxygens (including phenoxy) is 1. The Morgan fingerprint density at radius 3 is 2.24 bits per heavy atom. The normalized spacial score (nSPS) is 14.4. The van der Waals surface area contributed by atoms with Gasteiger partial charge in [0, 0.05) is 10.9 Å². The van der Waals surface area contributed by atoms with E-state index in [0.717, 1.165) is 42.3 Å². The minimum atomic E-state index is -4.69. The Kier molecular flexibility index (Phi) is 8.50. The van der Waals surface area contributed by atoms with Gasteiger partial charge in [-0.25, -0.2) is 0 Å². The maximum Gasteiger partial charge on any atom is 0.419 e. The number of aryl methyl sites for hydroxylation is 1. The molecule has 1 unspecified atom stereocenters. The van der Waals surface area contributed by atoms with Gasteiger partial charge in [0.25, 0.3) is 0 Å². The molecule has 0 radical (unpaired) electrons. The molecule has 4 aromatic rings. The summed E-state index contributed by atoms with van der Waals surface area (Å²) in [6.45, 7) is 0. The van der Waals surface area contributed by atoms with E-state index < -0.39 is 24.1 Å². The van der Waals surface area contributed by atoms with Gasteiger partial charge in [-0.1, -0.05) is 77.8 Å². The summed E-state index contributed by atoms with van der Waals surface area (Å²) in [7, 11) is 0. The van der Waals surface area contributed by atoms with Crippen LogP contribution >= 0.6 is 11.6 Å². The Balaban J connectivity index is 1.31. The molecular weight excluding hydrogens is 549 g/mol. The van der Waals surface area contributed by atoms with Gasteiger partial charge in [-0.05, 0) is 89.9 Å². The maximum atomic E-state index is 13.7. The van der Waals surface area contributed by atoms with Crippen molar-refractivity contribution >= 4 is 23.6 Å². The number of fused-ring (bicyclic) bond motifs is 1. The van der Waals surface area contributed by atoms with Crippen molar-refractivity contribution in [2.75, 3.05) is 0 Å². The van der Waals surface area contributed by atoms with Crippen LogP contribution in [0.5, 0.6) is 11.5 Å². The summed E-state index contributed by atoms with van der Waals surface area (Å²) in [4.78, 5) is 11.0. The third kappa shape index (κ3) is 7.01. The Hall–Kier alpha value is -4.03. The highest BCUT2D eigenvalue weighted by atomic mass is 35.5. The first-order valence-corrected chi connectivity index (χ1v) is 13.8. The summed E-state index contributed by atoms with van der Waals surface area (Å²) in [5, 5.41) is 9.69. The van der Waals surface area contributed by atoms with E-state index in [1.54, 1.807) is 12.1 Å². The minimum Gasteiger partial charge on any atom is -0.481 e. The highest BCUT2D eigenvalue weighted by Gasteiger charge is 2.35. The minimum absolute atomic E-state index is 0.0555. The molecule has 1 aliphatic rings. The lowest BCUT2D eigenvalue weighted by atomic mass is 9.86. The number of unbranched alkanes of at least 4 members (excludes halogenated alkanes) is 1. The molecule has 0 saturated heterocycles. The number of carboxylic acid groups (broad SMARTS) is 1. The van der Waals surface area contributed by atoms with Crippen molar-refractivity contribution in [2.45, 2.75) is 44.2 Å². The fraction of sp³-hybridized carbons (Fsp3) is 0.206. The number of carbonyl (C=O) groups is 1.